The number of amides is 1. The van der Waals surface area contributed by atoms with Gasteiger partial charge in [0.1, 0.15) is 5.60 Å². The summed E-state index contributed by atoms with van der Waals surface area (Å²) >= 11 is 0. The van der Waals surface area contributed by atoms with E-state index in [2.05, 4.69) is 16.4 Å². The lowest BCUT2D eigenvalue weighted by atomic mass is 10.0. The third-order valence-corrected chi connectivity index (χ3v) is 4.92. The van der Waals surface area contributed by atoms with Crippen LogP contribution in [0.5, 0.6) is 0 Å². The maximum atomic E-state index is 12.9. The third-order valence-electron chi connectivity index (χ3n) is 4.92. The van der Waals surface area contributed by atoms with Crippen LogP contribution in [0.1, 0.15) is 34.3 Å². The molecule has 0 radical (unpaired) electrons. The molecule has 1 aliphatic heterocycles. The van der Waals surface area contributed by atoms with Crippen molar-refractivity contribution in [1.82, 2.24) is 19.9 Å². The molecule has 1 N–H and O–H groups in total. The topological polar surface area (TPSA) is 71.2 Å². The van der Waals surface area contributed by atoms with Gasteiger partial charge < -0.3 is 10.0 Å². The Hall–Kier alpha value is -2.21. The molecule has 4 rings (SSSR count). The highest BCUT2D eigenvalue weighted by molar-refractivity contribution is 5.96. The minimum Gasteiger partial charge on any atom is -0.386 e. The van der Waals surface area contributed by atoms with Crippen LogP contribution < -0.4 is 0 Å². The average Bonchev–Trinajstić information content (AvgIpc) is 3.27. The van der Waals surface area contributed by atoms with Crippen molar-refractivity contribution in [2.24, 2.45) is 0 Å². The van der Waals surface area contributed by atoms with Gasteiger partial charge in [-0.15, -0.1) is 5.10 Å². The van der Waals surface area contributed by atoms with Crippen LogP contribution >= 0.6 is 0 Å². The van der Waals surface area contributed by atoms with E-state index in [1.165, 1.54) is 11.1 Å². The summed E-state index contributed by atoms with van der Waals surface area (Å²) in [4.78, 5) is 14.6. The molecule has 2 aliphatic rings. The van der Waals surface area contributed by atoms with Gasteiger partial charge in [-0.3, -0.25) is 4.79 Å². The summed E-state index contributed by atoms with van der Waals surface area (Å²) in [6.07, 6.45) is 7.05. The fraction of sp³-hybridized carbons (Fsp3) is 0.471. The van der Waals surface area contributed by atoms with E-state index < -0.39 is 5.60 Å². The van der Waals surface area contributed by atoms with Crippen molar-refractivity contribution in [3.8, 4) is 0 Å². The van der Waals surface area contributed by atoms with Crippen molar-refractivity contribution in [3.05, 3.63) is 47.3 Å². The number of rotatable bonds is 3. The highest BCUT2D eigenvalue weighted by atomic mass is 16.3. The van der Waals surface area contributed by atoms with E-state index in [-0.39, 0.29) is 5.91 Å². The fourth-order valence-corrected chi connectivity index (χ4v) is 3.77. The van der Waals surface area contributed by atoms with Crippen molar-refractivity contribution in [1.29, 1.82) is 0 Å². The number of hydrogen-bond donors (Lipinski definition) is 1. The first-order chi connectivity index (χ1) is 11.1. The van der Waals surface area contributed by atoms with Gasteiger partial charge in [0.25, 0.3) is 5.91 Å². The normalized spacial score (nSPS) is 23.3. The molecule has 1 fully saturated rings. The van der Waals surface area contributed by atoms with Gasteiger partial charge in [-0.2, -0.15) is 0 Å². The summed E-state index contributed by atoms with van der Waals surface area (Å²) < 4.78 is 1.62. The fourth-order valence-electron chi connectivity index (χ4n) is 3.77. The van der Waals surface area contributed by atoms with Crippen molar-refractivity contribution in [2.45, 2.75) is 37.8 Å². The molecule has 1 unspecified atom stereocenters. The van der Waals surface area contributed by atoms with E-state index >= 15 is 0 Å². The number of benzene rings is 1. The van der Waals surface area contributed by atoms with Gasteiger partial charge in [-0.25, -0.2) is 4.68 Å². The SMILES string of the molecule is O=C(c1cccc2c1CCC2)N1CCC(O)(Cn2ccnn2)C1. The number of aromatic nitrogens is 3. The van der Waals surface area contributed by atoms with Crippen molar-refractivity contribution < 1.29 is 9.90 Å². The molecule has 1 amide bonds. The Morgan fingerprint density at radius 2 is 2.26 bits per heavy atom. The number of aryl methyl sites for hydroxylation is 1. The lowest BCUT2D eigenvalue weighted by Gasteiger charge is -2.23. The molecular formula is C17H20N4O2. The number of nitrogens with zero attached hydrogens (tertiary/aromatic N) is 4. The summed E-state index contributed by atoms with van der Waals surface area (Å²) in [5.74, 6) is 0.0401. The second-order valence-electron chi connectivity index (χ2n) is 6.60. The molecule has 1 aromatic heterocycles. The van der Waals surface area contributed by atoms with Gasteiger partial charge in [0.15, 0.2) is 0 Å². The first-order valence-corrected chi connectivity index (χ1v) is 8.11. The maximum Gasteiger partial charge on any atom is 0.254 e. The van der Waals surface area contributed by atoms with Crippen molar-refractivity contribution in [2.75, 3.05) is 13.1 Å². The van der Waals surface area contributed by atoms with Gasteiger partial charge in [0.2, 0.25) is 0 Å². The molecule has 6 heteroatoms. The second-order valence-corrected chi connectivity index (χ2v) is 6.60. The van der Waals surface area contributed by atoms with E-state index in [9.17, 15) is 9.90 Å². The lowest BCUT2D eigenvalue weighted by Crippen LogP contribution is -2.39. The molecular weight excluding hydrogens is 292 g/mol. The largest absolute Gasteiger partial charge is 0.386 e. The van der Waals surface area contributed by atoms with E-state index in [4.69, 9.17) is 0 Å². The third kappa shape index (κ3) is 2.63. The van der Waals surface area contributed by atoms with Crippen LogP contribution in [-0.4, -0.2) is 49.6 Å². The van der Waals surface area contributed by atoms with Gasteiger partial charge in [-0.1, -0.05) is 17.3 Å². The van der Waals surface area contributed by atoms with Crippen LogP contribution in [0.25, 0.3) is 0 Å². The Bertz CT molecular complexity index is 728. The first kappa shape index (κ1) is 14.4. The van der Waals surface area contributed by atoms with Crippen LogP contribution in [0.4, 0.5) is 0 Å². The zero-order valence-electron chi connectivity index (χ0n) is 13.0. The van der Waals surface area contributed by atoms with Crippen molar-refractivity contribution >= 4 is 5.91 Å². The number of hydrogen-bond acceptors (Lipinski definition) is 4. The van der Waals surface area contributed by atoms with E-state index in [0.29, 0.717) is 26.1 Å². The highest BCUT2D eigenvalue weighted by Crippen LogP contribution is 2.29. The Morgan fingerprint density at radius 3 is 3.09 bits per heavy atom. The average molecular weight is 312 g/mol. The number of carbonyl (C=O) groups excluding carboxylic acids is 1. The predicted molar refractivity (Wildman–Crippen MR) is 84.0 cm³/mol. The molecule has 0 spiro atoms. The minimum absolute atomic E-state index is 0.0401. The summed E-state index contributed by atoms with van der Waals surface area (Å²) in [5.41, 5.74) is 2.38. The number of fused-ring (bicyclic) bond motifs is 1. The molecule has 1 aliphatic carbocycles. The summed E-state index contributed by atoms with van der Waals surface area (Å²) in [7, 11) is 0. The quantitative estimate of drug-likeness (QED) is 0.919. The molecule has 0 bridgehead atoms. The number of likely N-dealkylation sites (tertiary alicyclic amines) is 1. The number of aliphatic hydroxyl groups is 1. The predicted octanol–water partition coefficient (Wildman–Crippen LogP) is 1.04. The molecule has 120 valence electrons. The smallest absolute Gasteiger partial charge is 0.254 e. The van der Waals surface area contributed by atoms with Gasteiger partial charge >= 0.3 is 0 Å². The Balaban J connectivity index is 1.51. The Kier molecular flexibility index (Phi) is 3.41. The van der Waals surface area contributed by atoms with Crippen LogP contribution in [-0.2, 0) is 19.4 Å². The molecule has 2 aromatic rings. The Morgan fingerprint density at radius 1 is 1.35 bits per heavy atom. The first-order valence-electron chi connectivity index (χ1n) is 8.11. The minimum atomic E-state index is -0.929. The van der Waals surface area contributed by atoms with Gasteiger partial charge in [0.05, 0.1) is 19.3 Å². The van der Waals surface area contributed by atoms with Crippen molar-refractivity contribution in [3.63, 3.8) is 0 Å². The molecule has 1 saturated heterocycles. The van der Waals surface area contributed by atoms with Crippen LogP contribution in [0.3, 0.4) is 0 Å². The molecule has 0 saturated carbocycles. The highest BCUT2D eigenvalue weighted by Gasteiger charge is 2.39. The molecule has 1 atom stereocenters. The molecule has 1 aromatic carbocycles. The molecule has 2 heterocycles. The summed E-state index contributed by atoms with van der Waals surface area (Å²) in [6.45, 7) is 1.28. The van der Waals surface area contributed by atoms with E-state index in [1.54, 1.807) is 22.0 Å². The molecule has 6 nitrogen and oxygen atoms in total. The second kappa shape index (κ2) is 5.45. The van der Waals surface area contributed by atoms with E-state index in [0.717, 1.165) is 24.8 Å². The van der Waals surface area contributed by atoms with Crippen LogP contribution in [0, 0.1) is 0 Å². The molecule has 23 heavy (non-hydrogen) atoms. The Labute approximate surface area is 134 Å². The number of carbonyl (C=O) groups is 1. The summed E-state index contributed by atoms with van der Waals surface area (Å²) in [6, 6.07) is 6.00. The van der Waals surface area contributed by atoms with Crippen LogP contribution in [0.2, 0.25) is 0 Å². The monoisotopic (exact) mass is 312 g/mol. The standard InChI is InChI=1S/C17H20N4O2/c22-16(15-6-2-4-13-3-1-5-14(13)15)20-9-7-17(23,11-20)12-21-10-8-18-19-21/h2,4,6,8,10,23H,1,3,5,7,9,11-12H2. The zero-order valence-corrected chi connectivity index (χ0v) is 13.0. The van der Waals surface area contributed by atoms with Crippen LogP contribution in [0.15, 0.2) is 30.6 Å². The number of β-amino-alcohol motifs (C(OH)–C–C–N with tert-alkyl or cyclic N) is 1. The zero-order chi connectivity index (χ0) is 15.9. The van der Waals surface area contributed by atoms with E-state index in [1.807, 2.05) is 12.1 Å². The van der Waals surface area contributed by atoms with Gasteiger partial charge in [-0.05, 0) is 42.9 Å². The summed E-state index contributed by atoms with van der Waals surface area (Å²) in [5, 5.41) is 18.4. The maximum absolute atomic E-state index is 12.9. The lowest BCUT2D eigenvalue weighted by molar-refractivity contribution is 0.0266. The van der Waals surface area contributed by atoms with Gasteiger partial charge in [0, 0.05) is 18.3 Å².